The fraction of sp³-hybridized carbons (Fsp3) is 0.364. The Hall–Kier alpha value is -2.49. The minimum Gasteiger partial charge on any atom is -0.292 e. The highest BCUT2D eigenvalue weighted by molar-refractivity contribution is 6.24. The number of halogens is 1. The van der Waals surface area contributed by atoms with E-state index in [1.54, 1.807) is 12.1 Å². The van der Waals surface area contributed by atoms with Gasteiger partial charge in [0.2, 0.25) is 0 Å². The molecule has 0 fully saturated rings. The Balaban J connectivity index is 2.48. The van der Waals surface area contributed by atoms with Gasteiger partial charge >= 0.3 is 0 Å². The minimum absolute atomic E-state index is 0.249. The van der Waals surface area contributed by atoms with Crippen molar-refractivity contribution in [3.05, 3.63) is 65.8 Å². The first kappa shape index (κ1) is 19.8. The van der Waals surface area contributed by atoms with Crippen LogP contribution >= 0.6 is 0 Å². The number of hydrogen-bond acceptors (Lipinski definition) is 2. The second-order valence-corrected chi connectivity index (χ2v) is 6.38. The van der Waals surface area contributed by atoms with Crippen LogP contribution in [0.5, 0.6) is 0 Å². The summed E-state index contributed by atoms with van der Waals surface area (Å²) in [5, 5.41) is 4.54. The summed E-state index contributed by atoms with van der Waals surface area (Å²) in [5.41, 5.74) is 6.32. The lowest BCUT2D eigenvalue weighted by molar-refractivity contribution is 0.627. The highest BCUT2D eigenvalue weighted by Crippen LogP contribution is 2.26. The third-order valence-electron chi connectivity index (χ3n) is 4.53. The van der Waals surface area contributed by atoms with E-state index in [0.29, 0.717) is 0 Å². The van der Waals surface area contributed by atoms with Crippen LogP contribution in [-0.4, -0.2) is 22.5 Å². The maximum Gasteiger partial charge on any atom is 0.123 e. The van der Waals surface area contributed by atoms with Gasteiger partial charge in [-0.2, -0.15) is 5.10 Å². The van der Waals surface area contributed by atoms with E-state index in [1.807, 2.05) is 24.9 Å². The van der Waals surface area contributed by atoms with Crippen LogP contribution in [0.15, 0.2) is 53.7 Å². The van der Waals surface area contributed by atoms with Crippen LogP contribution in [0.2, 0.25) is 0 Å². The molecule has 0 saturated heterocycles. The summed E-state index contributed by atoms with van der Waals surface area (Å²) in [6.45, 7) is 10.4. The lowest BCUT2D eigenvalue weighted by Gasteiger charge is -2.12. The fourth-order valence-electron chi connectivity index (χ4n) is 2.89. The van der Waals surface area contributed by atoms with Crippen molar-refractivity contribution < 1.29 is 4.39 Å². The van der Waals surface area contributed by atoms with E-state index in [4.69, 9.17) is 0 Å². The quantitative estimate of drug-likeness (QED) is 0.427. The maximum atomic E-state index is 13.2. The van der Waals surface area contributed by atoms with Crippen LogP contribution in [0.3, 0.4) is 0 Å². The van der Waals surface area contributed by atoms with E-state index in [-0.39, 0.29) is 5.82 Å². The molecule has 138 valence electrons. The smallest absolute Gasteiger partial charge is 0.123 e. The highest BCUT2D eigenvalue weighted by Gasteiger charge is 2.16. The van der Waals surface area contributed by atoms with Gasteiger partial charge in [0.1, 0.15) is 5.82 Å². The number of aliphatic imine (C=N–C) groups is 1. The number of nitrogens with zero attached hydrogens (tertiary/aromatic N) is 3. The molecule has 2 aromatic rings. The normalized spacial score (nSPS) is 12.5. The summed E-state index contributed by atoms with van der Waals surface area (Å²) in [6, 6.07) is 6.38. The Labute approximate surface area is 156 Å². The van der Waals surface area contributed by atoms with Gasteiger partial charge in [-0.05, 0) is 50.5 Å². The number of benzene rings is 1. The van der Waals surface area contributed by atoms with E-state index in [9.17, 15) is 4.39 Å². The molecule has 0 atom stereocenters. The van der Waals surface area contributed by atoms with Gasteiger partial charge in [-0.25, -0.2) is 9.07 Å². The number of aromatic nitrogens is 2. The van der Waals surface area contributed by atoms with Gasteiger partial charge in [-0.15, -0.1) is 0 Å². The average Bonchev–Trinajstić information content (AvgIpc) is 3.02. The van der Waals surface area contributed by atoms with Gasteiger partial charge in [0.25, 0.3) is 0 Å². The van der Waals surface area contributed by atoms with E-state index in [2.05, 4.69) is 36.6 Å². The monoisotopic (exact) mass is 353 g/mol. The standard InChI is InChI=1S/C22H28FN3/c1-6-8-22(24-5)20(14-9-16(3)7-2)21-15-25-26(17(21)4)19-12-10-18(23)11-13-19/h10-15H,3,6-9H2,1-2,4-5H3/b20-14+,24-22?. The summed E-state index contributed by atoms with van der Waals surface area (Å²) in [6.07, 6.45) is 7.83. The molecule has 0 unspecified atom stereocenters. The van der Waals surface area contributed by atoms with Gasteiger partial charge < -0.3 is 0 Å². The molecular weight excluding hydrogens is 325 g/mol. The molecule has 0 aliphatic heterocycles. The van der Waals surface area contributed by atoms with Crippen molar-refractivity contribution in [2.75, 3.05) is 7.05 Å². The second-order valence-electron chi connectivity index (χ2n) is 6.38. The van der Waals surface area contributed by atoms with E-state index < -0.39 is 0 Å². The molecule has 0 amide bonds. The Bertz CT molecular complexity index is 810. The van der Waals surface area contributed by atoms with Crippen molar-refractivity contribution >= 4 is 11.3 Å². The van der Waals surface area contributed by atoms with Crippen LogP contribution in [0, 0.1) is 12.7 Å². The first-order valence-corrected chi connectivity index (χ1v) is 9.15. The van der Waals surface area contributed by atoms with Crippen molar-refractivity contribution in [2.24, 2.45) is 4.99 Å². The van der Waals surface area contributed by atoms with Gasteiger partial charge in [-0.3, -0.25) is 4.99 Å². The zero-order chi connectivity index (χ0) is 19.1. The Morgan fingerprint density at radius 3 is 2.54 bits per heavy atom. The molecular formula is C22H28FN3. The van der Waals surface area contributed by atoms with Gasteiger partial charge in [0.05, 0.1) is 11.9 Å². The molecule has 26 heavy (non-hydrogen) atoms. The molecule has 0 aliphatic rings. The number of allylic oxidation sites excluding steroid dienone is 3. The Morgan fingerprint density at radius 1 is 1.27 bits per heavy atom. The molecule has 0 N–H and O–H groups in total. The molecule has 0 saturated carbocycles. The maximum absolute atomic E-state index is 13.2. The van der Waals surface area contributed by atoms with Crippen LogP contribution in [-0.2, 0) is 0 Å². The fourth-order valence-corrected chi connectivity index (χ4v) is 2.89. The molecule has 4 heteroatoms. The van der Waals surface area contributed by atoms with Gasteiger partial charge in [0, 0.05) is 29.6 Å². The third kappa shape index (κ3) is 4.57. The summed E-state index contributed by atoms with van der Waals surface area (Å²) in [4.78, 5) is 4.53. The molecule has 2 rings (SSSR count). The molecule has 0 aliphatic carbocycles. The predicted octanol–water partition coefficient (Wildman–Crippen LogP) is 5.93. The predicted molar refractivity (Wildman–Crippen MR) is 109 cm³/mol. The lowest BCUT2D eigenvalue weighted by atomic mass is 9.96. The molecule has 0 radical (unpaired) electrons. The molecule has 1 heterocycles. The topological polar surface area (TPSA) is 30.2 Å². The van der Waals surface area contributed by atoms with Crippen molar-refractivity contribution in [2.45, 2.75) is 46.5 Å². The van der Waals surface area contributed by atoms with Crippen LogP contribution in [0.25, 0.3) is 11.3 Å². The first-order chi connectivity index (χ1) is 12.5. The van der Waals surface area contributed by atoms with Crippen molar-refractivity contribution in [1.82, 2.24) is 9.78 Å². The Morgan fingerprint density at radius 2 is 1.96 bits per heavy atom. The van der Waals surface area contributed by atoms with Gasteiger partial charge in [0.15, 0.2) is 0 Å². The Kier molecular flexibility index (Phi) is 7.07. The number of hydrogen-bond donors (Lipinski definition) is 0. The average molecular weight is 353 g/mol. The minimum atomic E-state index is -0.249. The second kappa shape index (κ2) is 9.27. The van der Waals surface area contributed by atoms with E-state index in [0.717, 1.165) is 53.9 Å². The SMILES string of the molecule is C=C(CC)C/C=C(/C(CCC)=NC)c1cnn(-c2ccc(F)cc2)c1C. The van der Waals surface area contributed by atoms with Crippen LogP contribution in [0.1, 0.15) is 50.8 Å². The summed E-state index contributed by atoms with van der Waals surface area (Å²) in [5.74, 6) is -0.249. The molecule has 1 aromatic heterocycles. The highest BCUT2D eigenvalue weighted by atomic mass is 19.1. The molecule has 3 nitrogen and oxygen atoms in total. The third-order valence-corrected chi connectivity index (χ3v) is 4.53. The summed E-state index contributed by atoms with van der Waals surface area (Å²) >= 11 is 0. The van der Waals surface area contributed by atoms with Crippen LogP contribution in [0.4, 0.5) is 4.39 Å². The summed E-state index contributed by atoms with van der Waals surface area (Å²) < 4.78 is 15.1. The molecule has 1 aromatic carbocycles. The largest absolute Gasteiger partial charge is 0.292 e. The van der Waals surface area contributed by atoms with E-state index in [1.165, 1.54) is 17.7 Å². The van der Waals surface area contributed by atoms with Gasteiger partial charge in [-0.1, -0.05) is 38.5 Å². The first-order valence-electron chi connectivity index (χ1n) is 9.15. The van der Waals surface area contributed by atoms with Crippen molar-refractivity contribution in [3.8, 4) is 5.69 Å². The summed E-state index contributed by atoms with van der Waals surface area (Å²) in [7, 11) is 1.84. The van der Waals surface area contributed by atoms with Crippen molar-refractivity contribution in [1.29, 1.82) is 0 Å². The molecule has 0 bridgehead atoms. The number of rotatable bonds is 8. The zero-order valence-corrected chi connectivity index (χ0v) is 16.2. The van der Waals surface area contributed by atoms with Crippen molar-refractivity contribution in [3.63, 3.8) is 0 Å². The molecule has 0 spiro atoms. The lowest BCUT2D eigenvalue weighted by Crippen LogP contribution is -2.05. The van der Waals surface area contributed by atoms with E-state index >= 15 is 0 Å². The zero-order valence-electron chi connectivity index (χ0n) is 16.2. The van der Waals surface area contributed by atoms with Crippen LogP contribution < -0.4 is 0 Å².